The maximum absolute atomic E-state index is 12.9. The minimum absolute atomic E-state index is 0.145. The number of hydrogen-bond acceptors (Lipinski definition) is 10. The monoisotopic (exact) mass is 1060 g/mol. The summed E-state index contributed by atoms with van der Waals surface area (Å²) in [5.74, 6) is -1.50. The van der Waals surface area contributed by atoms with Crippen LogP contribution in [0.5, 0.6) is 0 Å². The second kappa shape index (κ2) is 56.1. The molecule has 0 aliphatic rings. The molecule has 0 aliphatic carbocycles. The molecule has 0 fully saturated rings. The van der Waals surface area contributed by atoms with Crippen molar-refractivity contribution in [1.82, 2.24) is 0 Å². The number of allylic oxidation sites excluding steroid dienone is 12. The lowest BCUT2D eigenvalue weighted by molar-refractivity contribution is -0.161. The van der Waals surface area contributed by atoms with Crippen LogP contribution in [0.2, 0.25) is 0 Å². The zero-order valence-corrected chi connectivity index (χ0v) is 48.2. The molecule has 0 bridgehead atoms. The number of carbonyl (C=O) groups excluding carboxylic acids is 3. The van der Waals surface area contributed by atoms with Gasteiger partial charge in [0.25, 0.3) is 0 Å². The first kappa shape index (κ1) is 70.9. The lowest BCUT2D eigenvalue weighted by Gasteiger charge is -2.21. The molecule has 12 heteroatoms. The Balaban J connectivity index is 4.75. The molecule has 0 aromatic carbocycles. The number of unbranched alkanes of at least 4 members (excludes halogenated alkanes) is 26. The van der Waals surface area contributed by atoms with Gasteiger partial charge in [0, 0.05) is 19.3 Å². The molecule has 428 valence electrons. The first-order chi connectivity index (χ1) is 36.2. The van der Waals surface area contributed by atoms with Crippen LogP contribution in [0.4, 0.5) is 0 Å². The standard InChI is InChI=1S/C62H109O11P/c1-4-7-10-13-16-19-22-25-28-29-32-33-36-39-42-45-48-51-60(64)69-55-59(73-62(66)53-50-47-44-41-38-35-31-27-24-21-18-15-12-9-6-3)57-71-74(67,68)70-56-58(54-63)72-61(65)52-49-46-43-40-37-34-30-26-23-20-17-14-11-8-5-2/h7,10,16,18-19,21,25,27-28,31-33,58-59,63H,4-6,8-9,11-15,17,20,22-24,26,29-30,34-57H2,1-3H3,(H,67,68)/b10-7-,19-16-,21-18-,28-25-,31-27-,33-32-. The third-order valence-corrected chi connectivity index (χ3v) is 13.6. The van der Waals surface area contributed by atoms with Crippen molar-refractivity contribution < 1.29 is 52.2 Å². The topological polar surface area (TPSA) is 155 Å². The van der Waals surface area contributed by atoms with Crippen LogP contribution in [0, 0.1) is 0 Å². The minimum atomic E-state index is -4.76. The first-order valence-electron chi connectivity index (χ1n) is 29.8. The maximum Gasteiger partial charge on any atom is 0.472 e. The van der Waals surface area contributed by atoms with Crippen molar-refractivity contribution in [1.29, 1.82) is 0 Å². The van der Waals surface area contributed by atoms with Gasteiger partial charge in [-0.05, 0) is 89.9 Å². The summed E-state index contributed by atoms with van der Waals surface area (Å²) in [7, 11) is -4.76. The molecule has 3 atom stereocenters. The van der Waals surface area contributed by atoms with Crippen LogP contribution in [0.3, 0.4) is 0 Å². The van der Waals surface area contributed by atoms with Gasteiger partial charge < -0.3 is 24.2 Å². The molecule has 0 rings (SSSR count). The van der Waals surface area contributed by atoms with Crippen LogP contribution >= 0.6 is 7.82 Å². The number of phosphoric acid groups is 1. The quantitative estimate of drug-likeness (QED) is 0.0197. The lowest BCUT2D eigenvalue weighted by Crippen LogP contribution is -2.30. The molecule has 74 heavy (non-hydrogen) atoms. The van der Waals surface area contributed by atoms with Gasteiger partial charge in [0.15, 0.2) is 6.10 Å². The number of phosphoric ester groups is 1. The predicted molar refractivity (Wildman–Crippen MR) is 307 cm³/mol. The van der Waals surface area contributed by atoms with Crippen LogP contribution in [0.25, 0.3) is 0 Å². The van der Waals surface area contributed by atoms with Gasteiger partial charge in [-0.3, -0.25) is 23.4 Å². The summed E-state index contributed by atoms with van der Waals surface area (Å²) in [5, 5.41) is 9.83. The largest absolute Gasteiger partial charge is 0.472 e. The summed E-state index contributed by atoms with van der Waals surface area (Å²) in [4.78, 5) is 48.6. The van der Waals surface area contributed by atoms with Gasteiger partial charge in [-0.1, -0.05) is 229 Å². The van der Waals surface area contributed by atoms with Crippen LogP contribution in [-0.4, -0.2) is 66.5 Å². The molecule has 0 aromatic heterocycles. The fraction of sp³-hybridized carbons (Fsp3) is 0.758. The number of hydrogen-bond donors (Lipinski definition) is 2. The van der Waals surface area contributed by atoms with Crippen molar-refractivity contribution in [2.45, 2.75) is 277 Å². The van der Waals surface area contributed by atoms with Crippen molar-refractivity contribution in [3.8, 4) is 0 Å². The van der Waals surface area contributed by atoms with Gasteiger partial charge >= 0.3 is 25.7 Å². The molecule has 0 spiro atoms. The average Bonchev–Trinajstić information content (AvgIpc) is 3.39. The van der Waals surface area contributed by atoms with E-state index in [0.29, 0.717) is 19.3 Å². The number of ether oxygens (including phenoxy) is 3. The Hall–Kier alpha value is -3.08. The zero-order valence-electron chi connectivity index (χ0n) is 47.3. The highest BCUT2D eigenvalue weighted by Gasteiger charge is 2.28. The summed E-state index contributed by atoms with van der Waals surface area (Å²) in [5.41, 5.74) is 0. The van der Waals surface area contributed by atoms with E-state index in [9.17, 15) is 28.9 Å². The third-order valence-electron chi connectivity index (χ3n) is 12.6. The van der Waals surface area contributed by atoms with Crippen LogP contribution in [0.1, 0.15) is 265 Å². The summed E-state index contributed by atoms with van der Waals surface area (Å²) in [6.07, 6.45) is 62.8. The first-order valence-corrected chi connectivity index (χ1v) is 31.3. The van der Waals surface area contributed by atoms with Gasteiger partial charge in [0.1, 0.15) is 12.7 Å². The van der Waals surface area contributed by atoms with E-state index in [-0.39, 0.29) is 25.9 Å². The fourth-order valence-corrected chi connectivity index (χ4v) is 8.87. The average molecular weight is 1060 g/mol. The molecule has 0 amide bonds. The molecule has 0 heterocycles. The van der Waals surface area contributed by atoms with E-state index >= 15 is 0 Å². The number of aliphatic hydroxyl groups is 1. The predicted octanol–water partition coefficient (Wildman–Crippen LogP) is 17.7. The highest BCUT2D eigenvalue weighted by atomic mass is 31.2. The van der Waals surface area contributed by atoms with Gasteiger partial charge in [0.05, 0.1) is 19.8 Å². The van der Waals surface area contributed by atoms with Crippen LogP contribution in [0.15, 0.2) is 72.9 Å². The zero-order chi connectivity index (χ0) is 54.1. The Morgan fingerprint density at radius 2 is 0.703 bits per heavy atom. The van der Waals surface area contributed by atoms with E-state index in [4.69, 9.17) is 23.3 Å². The SMILES string of the molecule is CC/C=C\C/C=C\C/C=C\C/C=C\CCCCCCC(=O)OCC(COP(=O)(O)OCC(CO)OC(=O)CCCCCCCCCCCCCCCCC)OC(=O)CCCCCCC/C=C\C/C=C\CCCCC. The maximum atomic E-state index is 12.9. The molecule has 0 saturated heterocycles. The van der Waals surface area contributed by atoms with Crippen molar-refractivity contribution in [2.24, 2.45) is 0 Å². The molecular formula is C62H109O11P. The third kappa shape index (κ3) is 53.7. The normalized spacial score (nSPS) is 13.9. The molecule has 2 N–H and O–H groups in total. The van der Waals surface area contributed by atoms with Gasteiger partial charge in [-0.25, -0.2) is 4.57 Å². The highest BCUT2D eigenvalue weighted by molar-refractivity contribution is 7.47. The van der Waals surface area contributed by atoms with E-state index in [2.05, 4.69) is 93.7 Å². The second-order valence-electron chi connectivity index (χ2n) is 19.8. The Labute approximate surface area is 452 Å². The number of rotatable bonds is 55. The van der Waals surface area contributed by atoms with E-state index in [1.165, 1.54) is 89.9 Å². The van der Waals surface area contributed by atoms with E-state index in [1.54, 1.807) is 0 Å². The minimum Gasteiger partial charge on any atom is -0.462 e. The van der Waals surface area contributed by atoms with E-state index < -0.39 is 57.8 Å². The Morgan fingerprint density at radius 1 is 0.392 bits per heavy atom. The van der Waals surface area contributed by atoms with Crippen molar-refractivity contribution in [3.63, 3.8) is 0 Å². The van der Waals surface area contributed by atoms with E-state index in [1.807, 2.05) is 0 Å². The Morgan fingerprint density at radius 3 is 1.11 bits per heavy atom. The lowest BCUT2D eigenvalue weighted by atomic mass is 10.0. The van der Waals surface area contributed by atoms with Crippen LogP contribution < -0.4 is 0 Å². The summed E-state index contributed by atoms with van der Waals surface area (Å²) >= 11 is 0. The van der Waals surface area contributed by atoms with Crippen LogP contribution in [-0.2, 0) is 42.2 Å². The summed E-state index contributed by atoms with van der Waals surface area (Å²) in [6.45, 7) is 4.49. The Bertz CT molecular complexity index is 1520. The summed E-state index contributed by atoms with van der Waals surface area (Å²) in [6, 6.07) is 0. The summed E-state index contributed by atoms with van der Waals surface area (Å²) < 4.78 is 39.5. The number of esters is 3. The highest BCUT2D eigenvalue weighted by Crippen LogP contribution is 2.43. The van der Waals surface area contributed by atoms with Gasteiger partial charge in [-0.15, -0.1) is 0 Å². The molecule has 0 aromatic rings. The van der Waals surface area contributed by atoms with Crippen molar-refractivity contribution in [3.05, 3.63) is 72.9 Å². The molecular weight excluding hydrogens is 952 g/mol. The number of carbonyl (C=O) groups is 3. The van der Waals surface area contributed by atoms with E-state index in [0.717, 1.165) is 116 Å². The molecule has 0 radical (unpaired) electrons. The van der Waals surface area contributed by atoms with Gasteiger partial charge in [0.2, 0.25) is 0 Å². The molecule has 3 unspecified atom stereocenters. The molecule has 0 saturated carbocycles. The van der Waals surface area contributed by atoms with Crippen molar-refractivity contribution >= 4 is 25.7 Å². The Kier molecular flexibility index (Phi) is 53.8. The second-order valence-corrected chi connectivity index (χ2v) is 21.2. The number of aliphatic hydroxyl groups excluding tert-OH is 1. The molecule has 11 nitrogen and oxygen atoms in total. The smallest absolute Gasteiger partial charge is 0.462 e. The van der Waals surface area contributed by atoms with Gasteiger partial charge in [-0.2, -0.15) is 0 Å². The molecule has 0 aliphatic heterocycles. The fourth-order valence-electron chi connectivity index (χ4n) is 8.08. The van der Waals surface area contributed by atoms with Crippen molar-refractivity contribution in [2.75, 3.05) is 26.4 Å².